The van der Waals surface area contributed by atoms with E-state index in [1.165, 1.54) is 17.5 Å². The third kappa shape index (κ3) is 2.13. The normalized spacial score (nSPS) is 26.6. The Bertz CT molecular complexity index is 612. The summed E-state index contributed by atoms with van der Waals surface area (Å²) in [6.07, 6.45) is 1.11. The highest BCUT2D eigenvalue weighted by Crippen LogP contribution is 2.31. The Hall–Kier alpha value is -1.38. The largest absolute Gasteiger partial charge is 0.465 e. The van der Waals surface area contributed by atoms with Gasteiger partial charge in [-0.15, -0.1) is 0 Å². The van der Waals surface area contributed by atoms with Gasteiger partial charge in [0, 0.05) is 19.2 Å². The van der Waals surface area contributed by atoms with Gasteiger partial charge in [0.05, 0.1) is 12.7 Å². The van der Waals surface area contributed by atoms with Crippen molar-refractivity contribution < 1.29 is 22.4 Å². The molecule has 0 spiro atoms. The zero-order valence-electron chi connectivity index (χ0n) is 11.0. The van der Waals surface area contributed by atoms with Crippen molar-refractivity contribution in [1.82, 2.24) is 9.62 Å². The summed E-state index contributed by atoms with van der Waals surface area (Å²) in [6.45, 7) is 2.69. The van der Waals surface area contributed by atoms with Crippen LogP contribution >= 0.6 is 0 Å². The van der Waals surface area contributed by atoms with Gasteiger partial charge >= 0.3 is 5.97 Å². The lowest BCUT2D eigenvalue weighted by Crippen LogP contribution is -2.31. The third-order valence-corrected chi connectivity index (χ3v) is 5.65. The molecule has 2 atom stereocenters. The molecule has 20 heavy (non-hydrogen) atoms. The van der Waals surface area contributed by atoms with Gasteiger partial charge in [0.1, 0.15) is 6.26 Å². The highest BCUT2D eigenvalue weighted by atomic mass is 32.2. The molecular formula is C12H16N2O5S. The molecule has 3 rings (SSSR count). The number of hydrogen-bond acceptors (Lipinski definition) is 6. The number of ether oxygens (including phenoxy) is 1. The van der Waals surface area contributed by atoms with Crippen LogP contribution in [0.4, 0.5) is 0 Å². The Morgan fingerprint density at radius 3 is 2.65 bits per heavy atom. The molecular weight excluding hydrogens is 284 g/mol. The van der Waals surface area contributed by atoms with Crippen LogP contribution in [0.25, 0.3) is 0 Å². The molecule has 0 radical (unpaired) electrons. The fraction of sp³-hybridized carbons (Fsp3) is 0.583. The van der Waals surface area contributed by atoms with Crippen LogP contribution in [0.2, 0.25) is 0 Å². The minimum absolute atomic E-state index is 0.104. The summed E-state index contributed by atoms with van der Waals surface area (Å²) in [5, 5.41) is 3.05. The summed E-state index contributed by atoms with van der Waals surface area (Å²) in [7, 11) is -2.44. The molecule has 2 aliphatic heterocycles. The maximum absolute atomic E-state index is 12.4. The topological polar surface area (TPSA) is 88.8 Å². The first kappa shape index (κ1) is 13.6. The zero-order valence-corrected chi connectivity index (χ0v) is 11.9. The fourth-order valence-corrected chi connectivity index (χ4v) is 4.29. The van der Waals surface area contributed by atoms with Crippen LogP contribution in [0.5, 0.6) is 0 Å². The lowest BCUT2D eigenvalue weighted by Gasteiger charge is -2.15. The maximum atomic E-state index is 12.4. The third-order valence-electron chi connectivity index (χ3n) is 3.95. The number of nitrogens with zero attached hydrogens (tertiary/aromatic N) is 1. The Balaban J connectivity index is 1.82. The summed E-state index contributed by atoms with van der Waals surface area (Å²) >= 11 is 0. The molecule has 110 valence electrons. The number of methoxy groups -OCH3 is 1. The minimum atomic E-state index is -3.67. The summed E-state index contributed by atoms with van der Waals surface area (Å²) in [5.41, 5.74) is 0.104. The maximum Gasteiger partial charge on any atom is 0.341 e. The van der Waals surface area contributed by atoms with Crippen molar-refractivity contribution in [1.29, 1.82) is 0 Å². The smallest absolute Gasteiger partial charge is 0.341 e. The van der Waals surface area contributed by atoms with Crippen LogP contribution < -0.4 is 5.32 Å². The standard InChI is InChI=1S/C12H16N2O5S/c1-18-12(15)8-2-11(19-7-8)20(16,17)14-5-9-3-13-4-10(9)6-14/h2,7,9-10,13H,3-6H2,1H3/t9-,10+. The van der Waals surface area contributed by atoms with Crippen LogP contribution in [-0.4, -0.2) is 52.0 Å². The number of esters is 1. The molecule has 2 aliphatic rings. The van der Waals surface area contributed by atoms with E-state index in [9.17, 15) is 13.2 Å². The lowest BCUT2D eigenvalue weighted by atomic mass is 10.0. The average Bonchev–Trinajstić information content (AvgIpc) is 3.11. The van der Waals surface area contributed by atoms with Crippen molar-refractivity contribution in [3.8, 4) is 0 Å². The SMILES string of the molecule is COC(=O)c1coc(S(=O)(=O)N2C[C@H]3CNC[C@H]3C2)c1. The number of fused-ring (bicyclic) bond motifs is 1. The average molecular weight is 300 g/mol. The summed E-state index contributed by atoms with van der Waals surface area (Å²) in [4.78, 5) is 11.3. The molecule has 1 aromatic heterocycles. The molecule has 3 heterocycles. The number of nitrogens with one attached hydrogen (secondary N) is 1. The second-order valence-corrected chi connectivity index (χ2v) is 7.02. The highest BCUT2D eigenvalue weighted by molar-refractivity contribution is 7.89. The first-order valence-corrected chi connectivity index (χ1v) is 7.84. The van der Waals surface area contributed by atoms with Crippen LogP contribution in [0.15, 0.2) is 21.8 Å². The molecule has 0 bridgehead atoms. The van der Waals surface area contributed by atoms with Crippen molar-refractivity contribution in [3.05, 3.63) is 17.9 Å². The predicted octanol–water partition coefficient (Wildman–Crippen LogP) is -0.0939. The van der Waals surface area contributed by atoms with E-state index < -0.39 is 16.0 Å². The van der Waals surface area contributed by atoms with Crippen molar-refractivity contribution >= 4 is 16.0 Å². The zero-order chi connectivity index (χ0) is 14.3. The van der Waals surface area contributed by atoms with Gasteiger partial charge in [-0.2, -0.15) is 4.31 Å². The van der Waals surface area contributed by atoms with Gasteiger partial charge in [-0.1, -0.05) is 0 Å². The minimum Gasteiger partial charge on any atom is -0.465 e. The van der Waals surface area contributed by atoms with E-state index in [1.807, 2.05) is 0 Å². The molecule has 2 saturated heterocycles. The molecule has 0 aromatic carbocycles. The van der Waals surface area contributed by atoms with E-state index in [4.69, 9.17) is 4.42 Å². The van der Waals surface area contributed by atoms with E-state index in [-0.39, 0.29) is 10.7 Å². The molecule has 0 amide bonds. The van der Waals surface area contributed by atoms with E-state index in [2.05, 4.69) is 10.1 Å². The van der Waals surface area contributed by atoms with Crippen molar-refractivity contribution in [2.75, 3.05) is 33.3 Å². The molecule has 2 fully saturated rings. The molecule has 0 aliphatic carbocycles. The molecule has 0 saturated carbocycles. The van der Waals surface area contributed by atoms with Crippen LogP contribution in [0, 0.1) is 11.8 Å². The van der Waals surface area contributed by atoms with E-state index in [0.717, 1.165) is 19.4 Å². The Morgan fingerprint density at radius 1 is 1.40 bits per heavy atom. The summed E-state index contributed by atoms with van der Waals surface area (Å²) < 4.78 is 35.9. The molecule has 8 heteroatoms. The highest BCUT2D eigenvalue weighted by Gasteiger charge is 2.42. The van der Waals surface area contributed by atoms with Crippen LogP contribution in [0.3, 0.4) is 0 Å². The first-order chi connectivity index (χ1) is 9.52. The van der Waals surface area contributed by atoms with Gasteiger partial charge in [-0.25, -0.2) is 13.2 Å². The molecule has 7 nitrogen and oxygen atoms in total. The van der Waals surface area contributed by atoms with Gasteiger partial charge in [-0.05, 0) is 24.9 Å². The second-order valence-electron chi connectivity index (χ2n) is 5.15. The van der Waals surface area contributed by atoms with Crippen LogP contribution in [0.1, 0.15) is 10.4 Å². The van der Waals surface area contributed by atoms with Gasteiger partial charge in [-0.3, -0.25) is 0 Å². The quantitative estimate of drug-likeness (QED) is 0.785. The number of carbonyl (C=O) groups is 1. The number of carbonyl (C=O) groups excluding carboxylic acids is 1. The monoisotopic (exact) mass is 300 g/mol. The number of furan rings is 1. The Morgan fingerprint density at radius 2 is 2.05 bits per heavy atom. The van der Waals surface area contributed by atoms with Gasteiger partial charge in [0.15, 0.2) is 0 Å². The van der Waals surface area contributed by atoms with Crippen molar-refractivity contribution in [2.45, 2.75) is 5.09 Å². The second kappa shape index (κ2) is 4.87. The van der Waals surface area contributed by atoms with Crippen molar-refractivity contribution in [2.24, 2.45) is 11.8 Å². The Kier molecular flexibility index (Phi) is 3.31. The molecule has 1 aromatic rings. The fourth-order valence-electron chi connectivity index (χ4n) is 2.81. The number of rotatable bonds is 3. The number of hydrogen-bond donors (Lipinski definition) is 1. The first-order valence-electron chi connectivity index (χ1n) is 6.40. The van der Waals surface area contributed by atoms with Gasteiger partial charge in [0.25, 0.3) is 10.0 Å². The van der Waals surface area contributed by atoms with Crippen molar-refractivity contribution in [3.63, 3.8) is 0 Å². The predicted molar refractivity (Wildman–Crippen MR) is 68.7 cm³/mol. The van der Waals surface area contributed by atoms with E-state index in [1.54, 1.807) is 0 Å². The van der Waals surface area contributed by atoms with Gasteiger partial charge in [0.2, 0.25) is 5.09 Å². The van der Waals surface area contributed by atoms with E-state index in [0.29, 0.717) is 24.9 Å². The summed E-state index contributed by atoms with van der Waals surface area (Å²) in [6, 6.07) is 1.22. The molecule has 1 N–H and O–H groups in total. The molecule has 0 unspecified atom stereocenters. The Labute approximate surface area is 116 Å². The van der Waals surface area contributed by atoms with Crippen LogP contribution in [-0.2, 0) is 14.8 Å². The number of sulfonamides is 1. The lowest BCUT2D eigenvalue weighted by molar-refractivity contribution is 0.0600. The summed E-state index contributed by atoms with van der Waals surface area (Å²) in [5.74, 6) is 0.109. The van der Waals surface area contributed by atoms with Gasteiger partial charge < -0.3 is 14.5 Å². The van der Waals surface area contributed by atoms with E-state index >= 15 is 0 Å².